The molecule has 0 aromatic carbocycles. The summed E-state index contributed by atoms with van der Waals surface area (Å²) < 4.78 is 1.87. The molecule has 0 saturated carbocycles. The van der Waals surface area contributed by atoms with Gasteiger partial charge in [-0.1, -0.05) is 18.9 Å². The number of carbonyl (C=O) groups is 1. The van der Waals surface area contributed by atoms with E-state index in [9.17, 15) is 4.79 Å². The molecule has 0 bridgehead atoms. The van der Waals surface area contributed by atoms with Gasteiger partial charge in [-0.25, -0.2) is 4.98 Å². The number of nitrogens with zero attached hydrogens (tertiary/aromatic N) is 2. The lowest BCUT2D eigenvalue weighted by atomic mass is 9.96. The van der Waals surface area contributed by atoms with Gasteiger partial charge in [-0.15, -0.1) is 0 Å². The first-order valence-electron chi connectivity index (χ1n) is 6.77. The molecule has 0 spiro atoms. The van der Waals surface area contributed by atoms with Crippen molar-refractivity contribution in [1.82, 2.24) is 9.55 Å². The van der Waals surface area contributed by atoms with Crippen LogP contribution in [0.15, 0.2) is 24.2 Å². The minimum Gasteiger partial charge on any atom is -0.335 e. The average Bonchev–Trinajstić information content (AvgIpc) is 2.77. The van der Waals surface area contributed by atoms with Gasteiger partial charge in [0.15, 0.2) is 0 Å². The van der Waals surface area contributed by atoms with E-state index in [-0.39, 0.29) is 5.78 Å². The second kappa shape index (κ2) is 6.50. The molecule has 1 aromatic rings. The lowest BCUT2D eigenvalue weighted by Gasteiger charge is -2.09. The number of imidazole rings is 1. The van der Waals surface area contributed by atoms with Gasteiger partial charge in [0.1, 0.15) is 5.69 Å². The van der Waals surface area contributed by atoms with Crippen LogP contribution in [0.25, 0.3) is 0 Å². The summed E-state index contributed by atoms with van der Waals surface area (Å²) in [5.74, 6) is 0.0904. The van der Waals surface area contributed by atoms with Crippen LogP contribution in [0.2, 0.25) is 0 Å². The first-order valence-corrected chi connectivity index (χ1v) is 6.77. The third kappa shape index (κ3) is 3.29. The number of carbonyl (C=O) groups excluding carboxylic acids is 1. The fourth-order valence-corrected chi connectivity index (χ4v) is 2.31. The molecule has 0 saturated heterocycles. The SMILES string of the molecule is NCCn1cnc(C(=O)C2=CCCCCCC2)c1. The van der Waals surface area contributed by atoms with Crippen LogP contribution in [-0.4, -0.2) is 21.9 Å². The smallest absolute Gasteiger partial charge is 0.208 e. The Hall–Kier alpha value is -1.42. The zero-order valence-corrected chi connectivity index (χ0v) is 10.8. The van der Waals surface area contributed by atoms with Gasteiger partial charge in [0.25, 0.3) is 0 Å². The van der Waals surface area contributed by atoms with E-state index in [1.807, 2.05) is 4.57 Å². The molecular weight excluding hydrogens is 226 g/mol. The quantitative estimate of drug-likeness (QED) is 0.830. The summed E-state index contributed by atoms with van der Waals surface area (Å²) in [7, 11) is 0. The number of rotatable bonds is 4. The van der Waals surface area contributed by atoms with Crippen molar-refractivity contribution >= 4 is 5.78 Å². The normalized spacial score (nSPS) is 16.8. The van der Waals surface area contributed by atoms with Crippen molar-refractivity contribution in [3.05, 3.63) is 29.9 Å². The van der Waals surface area contributed by atoms with E-state index in [1.165, 1.54) is 19.3 Å². The van der Waals surface area contributed by atoms with Gasteiger partial charge >= 0.3 is 0 Å². The Kier molecular flexibility index (Phi) is 4.70. The lowest BCUT2D eigenvalue weighted by molar-refractivity contribution is 0.102. The maximum Gasteiger partial charge on any atom is 0.208 e. The van der Waals surface area contributed by atoms with E-state index >= 15 is 0 Å². The van der Waals surface area contributed by atoms with Crippen molar-refractivity contribution in [1.29, 1.82) is 0 Å². The van der Waals surface area contributed by atoms with Crippen molar-refractivity contribution in [3.8, 4) is 0 Å². The highest BCUT2D eigenvalue weighted by molar-refractivity contribution is 6.07. The molecule has 0 radical (unpaired) electrons. The molecule has 0 atom stereocenters. The summed E-state index contributed by atoms with van der Waals surface area (Å²) in [4.78, 5) is 16.5. The summed E-state index contributed by atoms with van der Waals surface area (Å²) in [6.45, 7) is 1.27. The van der Waals surface area contributed by atoms with E-state index in [2.05, 4.69) is 11.1 Å². The Balaban J connectivity index is 2.08. The highest BCUT2D eigenvalue weighted by Crippen LogP contribution is 2.19. The van der Waals surface area contributed by atoms with Gasteiger partial charge in [-0.05, 0) is 31.3 Å². The van der Waals surface area contributed by atoms with E-state index in [4.69, 9.17) is 5.73 Å². The van der Waals surface area contributed by atoms with E-state index < -0.39 is 0 Å². The van der Waals surface area contributed by atoms with Gasteiger partial charge in [-0.2, -0.15) is 0 Å². The molecule has 4 nitrogen and oxygen atoms in total. The zero-order valence-electron chi connectivity index (χ0n) is 10.8. The van der Waals surface area contributed by atoms with Crippen molar-refractivity contribution in [2.75, 3.05) is 6.54 Å². The van der Waals surface area contributed by atoms with Crippen LogP contribution in [0.4, 0.5) is 0 Å². The van der Waals surface area contributed by atoms with Crippen LogP contribution in [-0.2, 0) is 6.54 Å². The molecule has 1 heterocycles. The Morgan fingerprint density at radius 1 is 1.33 bits per heavy atom. The molecule has 2 rings (SSSR count). The lowest BCUT2D eigenvalue weighted by Crippen LogP contribution is -2.08. The minimum atomic E-state index is 0.0904. The third-order valence-corrected chi connectivity index (χ3v) is 3.34. The van der Waals surface area contributed by atoms with Crippen molar-refractivity contribution in [2.45, 2.75) is 45.1 Å². The number of ketones is 1. The van der Waals surface area contributed by atoms with Crippen LogP contribution in [0.5, 0.6) is 0 Å². The summed E-state index contributed by atoms with van der Waals surface area (Å²) >= 11 is 0. The molecule has 2 N–H and O–H groups in total. The largest absolute Gasteiger partial charge is 0.335 e. The van der Waals surface area contributed by atoms with Crippen molar-refractivity contribution < 1.29 is 4.79 Å². The second-order valence-corrected chi connectivity index (χ2v) is 4.80. The van der Waals surface area contributed by atoms with Gasteiger partial charge < -0.3 is 10.3 Å². The van der Waals surface area contributed by atoms with Crippen LogP contribution >= 0.6 is 0 Å². The summed E-state index contributed by atoms with van der Waals surface area (Å²) in [5.41, 5.74) is 6.97. The maximum absolute atomic E-state index is 12.3. The summed E-state index contributed by atoms with van der Waals surface area (Å²) in [6, 6.07) is 0. The summed E-state index contributed by atoms with van der Waals surface area (Å²) in [6.07, 6.45) is 12.3. The van der Waals surface area contributed by atoms with Crippen molar-refractivity contribution in [2.24, 2.45) is 5.73 Å². The molecule has 98 valence electrons. The number of allylic oxidation sites excluding steroid dienone is 2. The Morgan fingerprint density at radius 3 is 3.00 bits per heavy atom. The number of Topliss-reactive ketones (excluding diaryl/α,β-unsaturated/α-hetero) is 1. The molecule has 0 aliphatic heterocycles. The number of hydrogen-bond acceptors (Lipinski definition) is 3. The molecule has 1 aromatic heterocycles. The Morgan fingerprint density at radius 2 is 2.17 bits per heavy atom. The molecule has 0 amide bonds. The third-order valence-electron chi connectivity index (χ3n) is 3.34. The van der Waals surface area contributed by atoms with Gasteiger partial charge in [-0.3, -0.25) is 4.79 Å². The predicted molar refractivity (Wildman–Crippen MR) is 71.4 cm³/mol. The number of nitrogens with two attached hydrogens (primary N) is 1. The van der Waals surface area contributed by atoms with Crippen LogP contribution < -0.4 is 5.73 Å². The second-order valence-electron chi connectivity index (χ2n) is 4.80. The molecule has 0 unspecified atom stereocenters. The predicted octanol–water partition coefficient (Wildman–Crippen LogP) is 2.31. The first kappa shape index (κ1) is 13.0. The fraction of sp³-hybridized carbons (Fsp3) is 0.571. The average molecular weight is 247 g/mol. The maximum atomic E-state index is 12.3. The molecule has 18 heavy (non-hydrogen) atoms. The van der Waals surface area contributed by atoms with Crippen LogP contribution in [0, 0.1) is 0 Å². The topological polar surface area (TPSA) is 60.9 Å². The Bertz CT molecular complexity index is 434. The Labute approximate surface area is 108 Å². The molecule has 4 heteroatoms. The summed E-state index contributed by atoms with van der Waals surface area (Å²) in [5, 5.41) is 0. The molecule has 1 aliphatic rings. The van der Waals surface area contributed by atoms with E-state index in [1.54, 1.807) is 12.5 Å². The van der Waals surface area contributed by atoms with E-state index in [0.29, 0.717) is 18.8 Å². The fourth-order valence-electron chi connectivity index (χ4n) is 2.31. The molecular formula is C14H21N3O. The van der Waals surface area contributed by atoms with E-state index in [0.717, 1.165) is 24.8 Å². The highest BCUT2D eigenvalue weighted by Gasteiger charge is 2.15. The number of hydrogen-bond donors (Lipinski definition) is 1. The minimum absolute atomic E-state index is 0.0904. The monoisotopic (exact) mass is 247 g/mol. The van der Waals surface area contributed by atoms with Crippen LogP contribution in [0.1, 0.15) is 49.0 Å². The highest BCUT2D eigenvalue weighted by atomic mass is 16.1. The van der Waals surface area contributed by atoms with Gasteiger partial charge in [0, 0.05) is 19.3 Å². The standard InChI is InChI=1S/C14H21N3O/c15-8-9-17-10-13(16-11-17)14(18)12-6-4-2-1-3-5-7-12/h6,10-11H,1-5,7-9,15H2. The molecule has 0 fully saturated rings. The molecule has 1 aliphatic carbocycles. The van der Waals surface area contributed by atoms with Crippen LogP contribution in [0.3, 0.4) is 0 Å². The first-order chi connectivity index (χ1) is 8.81. The number of aromatic nitrogens is 2. The van der Waals surface area contributed by atoms with Gasteiger partial charge in [0.05, 0.1) is 6.33 Å². The van der Waals surface area contributed by atoms with Crippen molar-refractivity contribution in [3.63, 3.8) is 0 Å². The van der Waals surface area contributed by atoms with Gasteiger partial charge in [0.2, 0.25) is 5.78 Å². The zero-order chi connectivity index (χ0) is 12.8.